The number of hydrogen-bond acceptors (Lipinski definition) is 6. The average Bonchev–Trinajstić information content (AvgIpc) is 3.38. The van der Waals surface area contributed by atoms with Crippen LogP contribution in [0.1, 0.15) is 40.0 Å². The molecule has 3 aliphatic rings. The van der Waals surface area contributed by atoms with Crippen LogP contribution in [0.3, 0.4) is 0 Å². The maximum Gasteiger partial charge on any atom is 0.398 e. The van der Waals surface area contributed by atoms with Crippen LogP contribution in [0.15, 0.2) is 33.9 Å². The van der Waals surface area contributed by atoms with Gasteiger partial charge in [-0.15, -0.1) is 0 Å². The number of alkyl halides is 3. The molecular formula is C24H36F3N3O3S. The third kappa shape index (κ3) is 5.50. The zero-order valence-electron chi connectivity index (χ0n) is 20.6. The molecule has 0 bridgehead atoms. The normalized spacial score (nSPS) is 30.4. The van der Waals surface area contributed by atoms with Gasteiger partial charge in [-0.1, -0.05) is 38.6 Å². The van der Waals surface area contributed by atoms with Crippen LogP contribution >= 0.6 is 11.8 Å². The van der Waals surface area contributed by atoms with Crippen molar-refractivity contribution < 1.29 is 27.4 Å². The molecule has 6 nitrogen and oxygen atoms in total. The summed E-state index contributed by atoms with van der Waals surface area (Å²) in [5.74, 6) is -0.896. The summed E-state index contributed by atoms with van der Waals surface area (Å²) in [6.07, 6.45) is -1.06. The van der Waals surface area contributed by atoms with E-state index in [1.54, 1.807) is 20.8 Å². The van der Waals surface area contributed by atoms with E-state index < -0.39 is 29.0 Å². The molecule has 0 spiro atoms. The molecule has 1 fully saturated rings. The third-order valence-corrected chi connectivity index (χ3v) is 7.78. The van der Waals surface area contributed by atoms with Crippen LogP contribution in [0.25, 0.3) is 0 Å². The first-order valence-electron chi connectivity index (χ1n) is 11.6. The van der Waals surface area contributed by atoms with E-state index >= 15 is 0 Å². The fraction of sp³-hybridized carbons (Fsp3) is 0.708. The standard InChI is InChI=1S/C24H36F3N3O3S/c1-22(2,3)23(24(25,26)27)13-17(20(28)31)19(33-11-8-29(4)5)18(14-23)21-30(9-12-34-21)15-16-7-6-10-32-16/h9,12-13,16,19H,6-8,10-11,14-15H2,1-5H3,(H2,28,31)/b21-18-/t16-,19?,23?/m1/s1. The predicted octanol–water partition coefficient (Wildman–Crippen LogP) is 4.25. The summed E-state index contributed by atoms with van der Waals surface area (Å²) in [5.41, 5.74) is 2.50. The minimum absolute atomic E-state index is 0.0109. The molecule has 0 aromatic carbocycles. The number of halogens is 3. The number of allylic oxidation sites excluding steroid dienone is 1. The highest BCUT2D eigenvalue weighted by atomic mass is 32.2. The second kappa shape index (κ2) is 10.2. The van der Waals surface area contributed by atoms with E-state index in [0.717, 1.165) is 18.9 Å². The Balaban J connectivity index is 2.13. The molecule has 0 aromatic rings. The molecule has 2 aliphatic heterocycles. The molecule has 0 saturated carbocycles. The molecule has 0 radical (unpaired) electrons. The van der Waals surface area contributed by atoms with Gasteiger partial charge < -0.3 is 25.0 Å². The van der Waals surface area contributed by atoms with E-state index in [4.69, 9.17) is 15.2 Å². The van der Waals surface area contributed by atoms with E-state index in [1.807, 2.05) is 35.5 Å². The molecular weight excluding hydrogens is 467 g/mol. The van der Waals surface area contributed by atoms with Crippen molar-refractivity contribution in [2.24, 2.45) is 16.6 Å². The first-order chi connectivity index (χ1) is 15.8. The molecule has 34 heavy (non-hydrogen) atoms. The van der Waals surface area contributed by atoms with Crippen LogP contribution < -0.4 is 5.73 Å². The number of likely N-dealkylation sites (N-methyl/N-ethyl adjacent to an activating group) is 1. The van der Waals surface area contributed by atoms with E-state index in [-0.39, 0.29) is 24.7 Å². The summed E-state index contributed by atoms with van der Waals surface area (Å²) in [7, 11) is 3.76. The summed E-state index contributed by atoms with van der Waals surface area (Å²) in [5, 5.41) is 2.51. The fourth-order valence-corrected chi connectivity index (χ4v) is 5.65. The fourth-order valence-electron chi connectivity index (χ4n) is 4.71. The molecule has 2 N–H and O–H groups in total. The Hall–Kier alpha value is -1.49. The number of rotatable bonds is 7. The van der Waals surface area contributed by atoms with E-state index in [2.05, 4.69) is 0 Å². The molecule has 0 aromatic heterocycles. The number of primary amides is 1. The van der Waals surface area contributed by atoms with Crippen LogP contribution in [-0.4, -0.2) is 74.5 Å². The number of amides is 1. The largest absolute Gasteiger partial charge is 0.398 e. The van der Waals surface area contributed by atoms with Gasteiger partial charge in [-0.2, -0.15) is 13.2 Å². The summed E-state index contributed by atoms with van der Waals surface area (Å²) in [4.78, 5) is 16.4. The maximum absolute atomic E-state index is 14.8. The Labute approximate surface area is 204 Å². The molecule has 192 valence electrons. The van der Waals surface area contributed by atoms with Crippen LogP contribution in [-0.2, 0) is 14.3 Å². The number of nitrogens with zero attached hydrogens (tertiary/aromatic N) is 2. The Kier molecular flexibility index (Phi) is 8.17. The first kappa shape index (κ1) is 27.1. The first-order valence-corrected chi connectivity index (χ1v) is 12.4. The maximum atomic E-state index is 14.8. The Morgan fingerprint density at radius 1 is 1.35 bits per heavy atom. The highest BCUT2D eigenvalue weighted by Crippen LogP contribution is 2.60. The number of thioether (sulfide) groups is 1. The van der Waals surface area contributed by atoms with E-state index in [9.17, 15) is 18.0 Å². The topological polar surface area (TPSA) is 68.0 Å². The van der Waals surface area contributed by atoms with Crippen molar-refractivity contribution in [2.45, 2.75) is 58.4 Å². The summed E-state index contributed by atoms with van der Waals surface area (Å²) in [6, 6.07) is 0. The third-order valence-electron chi connectivity index (χ3n) is 6.80. The van der Waals surface area contributed by atoms with Gasteiger partial charge in [0.2, 0.25) is 5.91 Å². The van der Waals surface area contributed by atoms with Crippen LogP contribution in [0.5, 0.6) is 0 Å². The molecule has 1 saturated heterocycles. The van der Waals surface area contributed by atoms with E-state index in [0.29, 0.717) is 30.3 Å². The number of carbonyl (C=O) groups excluding carboxylic acids is 1. The van der Waals surface area contributed by atoms with Crippen LogP contribution in [0.2, 0.25) is 0 Å². The molecule has 3 atom stereocenters. The predicted molar refractivity (Wildman–Crippen MR) is 128 cm³/mol. The van der Waals surface area contributed by atoms with Crippen molar-refractivity contribution in [3.63, 3.8) is 0 Å². The number of ether oxygens (including phenoxy) is 2. The van der Waals surface area contributed by atoms with Gasteiger partial charge in [-0.25, -0.2) is 0 Å². The lowest BCUT2D eigenvalue weighted by Gasteiger charge is -2.49. The minimum atomic E-state index is -4.59. The van der Waals surface area contributed by atoms with Gasteiger partial charge >= 0.3 is 6.18 Å². The highest BCUT2D eigenvalue weighted by Gasteiger charge is 2.63. The van der Waals surface area contributed by atoms with Gasteiger partial charge in [0, 0.05) is 31.5 Å². The number of nitrogens with two attached hydrogens (primary N) is 1. The Morgan fingerprint density at radius 2 is 2.06 bits per heavy atom. The van der Waals surface area contributed by atoms with Crippen molar-refractivity contribution in [1.82, 2.24) is 9.80 Å². The summed E-state index contributed by atoms with van der Waals surface area (Å²) < 4.78 is 56.2. The Bertz CT molecular complexity index is 842. The van der Waals surface area contributed by atoms with Crippen molar-refractivity contribution in [2.75, 3.05) is 40.4 Å². The van der Waals surface area contributed by atoms with Crippen molar-refractivity contribution >= 4 is 17.7 Å². The molecule has 3 rings (SSSR count). The van der Waals surface area contributed by atoms with Gasteiger partial charge in [-0.3, -0.25) is 4.79 Å². The minimum Gasteiger partial charge on any atom is -0.376 e. The molecule has 2 heterocycles. The Morgan fingerprint density at radius 3 is 2.59 bits per heavy atom. The van der Waals surface area contributed by atoms with Gasteiger partial charge in [0.1, 0.15) is 6.10 Å². The zero-order chi connectivity index (χ0) is 25.3. The summed E-state index contributed by atoms with van der Waals surface area (Å²) in [6.45, 7) is 6.68. The monoisotopic (exact) mass is 503 g/mol. The van der Waals surface area contributed by atoms with Gasteiger partial charge in [0.25, 0.3) is 0 Å². The highest BCUT2D eigenvalue weighted by molar-refractivity contribution is 8.06. The summed E-state index contributed by atoms with van der Waals surface area (Å²) >= 11 is 1.35. The lowest BCUT2D eigenvalue weighted by atomic mass is 9.59. The lowest BCUT2D eigenvalue weighted by Crippen LogP contribution is -2.52. The van der Waals surface area contributed by atoms with Gasteiger partial charge in [-0.05, 0) is 49.8 Å². The second-order valence-electron chi connectivity index (χ2n) is 10.4. The number of carbonyl (C=O) groups is 1. The van der Waals surface area contributed by atoms with Gasteiger partial charge in [0.15, 0.2) is 0 Å². The van der Waals surface area contributed by atoms with Gasteiger partial charge in [0.05, 0.1) is 23.2 Å². The second-order valence-corrected chi connectivity index (χ2v) is 11.3. The van der Waals surface area contributed by atoms with Crippen LogP contribution in [0.4, 0.5) is 13.2 Å². The molecule has 1 aliphatic carbocycles. The van der Waals surface area contributed by atoms with Crippen molar-refractivity contribution in [3.8, 4) is 0 Å². The quantitative estimate of drug-likeness (QED) is 0.560. The molecule has 10 heteroatoms. The van der Waals surface area contributed by atoms with Crippen LogP contribution in [0, 0.1) is 10.8 Å². The van der Waals surface area contributed by atoms with E-state index in [1.165, 1.54) is 11.8 Å². The van der Waals surface area contributed by atoms with Crippen molar-refractivity contribution in [3.05, 3.63) is 33.9 Å². The zero-order valence-corrected chi connectivity index (χ0v) is 21.4. The van der Waals surface area contributed by atoms with Crippen molar-refractivity contribution in [1.29, 1.82) is 0 Å². The smallest absolute Gasteiger partial charge is 0.376 e. The number of hydrogen-bond donors (Lipinski definition) is 1. The molecule has 2 unspecified atom stereocenters. The SMILES string of the molecule is CN(C)CCOC1C(C(N)=O)=CC(C(C)(C)C)(C(F)(F)F)C/C1=C1/SC=CN1C[C@H]1CCCO1. The molecule has 1 amide bonds. The lowest BCUT2D eigenvalue weighted by molar-refractivity contribution is -0.239. The average molecular weight is 504 g/mol.